The van der Waals surface area contributed by atoms with Crippen LogP contribution in [0.5, 0.6) is 0 Å². The van der Waals surface area contributed by atoms with Gasteiger partial charge in [0.25, 0.3) is 0 Å². The van der Waals surface area contributed by atoms with E-state index in [4.69, 9.17) is 4.74 Å². The molecule has 1 saturated heterocycles. The van der Waals surface area contributed by atoms with Gasteiger partial charge in [-0.3, -0.25) is 14.7 Å². The lowest BCUT2D eigenvalue weighted by molar-refractivity contribution is -0.121. The molecule has 1 fully saturated rings. The van der Waals surface area contributed by atoms with Gasteiger partial charge in [-0.15, -0.1) is 0 Å². The van der Waals surface area contributed by atoms with Crippen molar-refractivity contribution in [3.8, 4) is 0 Å². The number of pyridine rings is 1. The predicted molar refractivity (Wildman–Crippen MR) is 102 cm³/mol. The molecule has 144 valence electrons. The molecule has 1 aromatic heterocycles. The van der Waals surface area contributed by atoms with E-state index in [9.17, 15) is 9.18 Å². The fourth-order valence-electron chi connectivity index (χ4n) is 3.32. The van der Waals surface area contributed by atoms with E-state index >= 15 is 0 Å². The third-order valence-electron chi connectivity index (χ3n) is 4.83. The highest BCUT2D eigenvalue weighted by atomic mass is 19.1. The van der Waals surface area contributed by atoms with Crippen molar-refractivity contribution >= 4 is 5.91 Å². The van der Waals surface area contributed by atoms with Gasteiger partial charge in [-0.1, -0.05) is 18.2 Å². The van der Waals surface area contributed by atoms with Crippen LogP contribution < -0.4 is 5.32 Å². The van der Waals surface area contributed by atoms with Crippen LogP contribution in [-0.2, 0) is 16.0 Å². The van der Waals surface area contributed by atoms with Crippen molar-refractivity contribution in [2.45, 2.75) is 25.3 Å². The van der Waals surface area contributed by atoms with Gasteiger partial charge in [0.05, 0.1) is 19.3 Å². The standard InChI is InChI=1S/C21H26FN3O2/c22-19-8-6-17(7-9-19)3-1-5-21(26)24-16-20(18-4-2-10-23-15-18)25-11-13-27-14-12-25/h2,4,6-10,15,20H,1,3,5,11-14,16H2,(H,24,26). The second kappa shape index (κ2) is 10.1. The van der Waals surface area contributed by atoms with Crippen LogP contribution in [0.2, 0.25) is 0 Å². The van der Waals surface area contributed by atoms with Crippen molar-refractivity contribution in [2.24, 2.45) is 0 Å². The molecule has 0 saturated carbocycles. The summed E-state index contributed by atoms with van der Waals surface area (Å²) in [7, 11) is 0. The zero-order valence-corrected chi connectivity index (χ0v) is 15.4. The number of carbonyl (C=O) groups is 1. The Morgan fingerprint density at radius 3 is 2.70 bits per heavy atom. The zero-order valence-electron chi connectivity index (χ0n) is 15.4. The highest BCUT2D eigenvalue weighted by molar-refractivity contribution is 5.75. The molecule has 1 atom stereocenters. The van der Waals surface area contributed by atoms with Gasteiger partial charge in [-0.05, 0) is 42.2 Å². The van der Waals surface area contributed by atoms with Crippen molar-refractivity contribution < 1.29 is 13.9 Å². The number of aryl methyl sites for hydroxylation is 1. The van der Waals surface area contributed by atoms with Gasteiger partial charge in [0.2, 0.25) is 5.91 Å². The summed E-state index contributed by atoms with van der Waals surface area (Å²) in [6, 6.07) is 10.5. The molecule has 27 heavy (non-hydrogen) atoms. The molecule has 1 aliphatic rings. The van der Waals surface area contributed by atoms with E-state index in [0.29, 0.717) is 26.2 Å². The minimum atomic E-state index is -0.235. The average molecular weight is 371 g/mol. The van der Waals surface area contributed by atoms with Crippen molar-refractivity contribution in [1.82, 2.24) is 15.2 Å². The second-order valence-corrected chi connectivity index (χ2v) is 6.73. The third kappa shape index (κ3) is 6.12. The fourth-order valence-corrected chi connectivity index (χ4v) is 3.32. The van der Waals surface area contributed by atoms with Crippen LogP contribution in [0.25, 0.3) is 0 Å². The predicted octanol–water partition coefficient (Wildman–Crippen LogP) is 2.73. The first-order valence-corrected chi connectivity index (χ1v) is 9.45. The van der Waals surface area contributed by atoms with Gasteiger partial charge in [-0.25, -0.2) is 4.39 Å². The maximum absolute atomic E-state index is 12.9. The van der Waals surface area contributed by atoms with E-state index in [1.165, 1.54) is 12.1 Å². The molecule has 2 heterocycles. The molecule has 1 aliphatic heterocycles. The van der Waals surface area contributed by atoms with Crippen molar-refractivity contribution in [3.63, 3.8) is 0 Å². The molecule has 0 aliphatic carbocycles. The van der Waals surface area contributed by atoms with Crippen LogP contribution >= 0.6 is 0 Å². The molecule has 6 heteroatoms. The van der Waals surface area contributed by atoms with Crippen molar-refractivity contribution in [3.05, 3.63) is 65.7 Å². The molecule has 1 amide bonds. The maximum Gasteiger partial charge on any atom is 0.220 e. The van der Waals surface area contributed by atoms with Crippen LogP contribution in [0.3, 0.4) is 0 Å². The first-order chi connectivity index (χ1) is 13.2. The molecule has 1 unspecified atom stereocenters. The number of aromatic nitrogens is 1. The smallest absolute Gasteiger partial charge is 0.220 e. The average Bonchev–Trinajstić information content (AvgIpc) is 2.71. The lowest BCUT2D eigenvalue weighted by Crippen LogP contribution is -2.43. The molecule has 0 bridgehead atoms. The summed E-state index contributed by atoms with van der Waals surface area (Å²) in [6.45, 7) is 3.67. The summed E-state index contributed by atoms with van der Waals surface area (Å²) in [4.78, 5) is 18.8. The summed E-state index contributed by atoms with van der Waals surface area (Å²) in [5.74, 6) is -0.194. The molecule has 1 N–H and O–H groups in total. The van der Waals surface area contributed by atoms with Gasteiger partial charge < -0.3 is 10.1 Å². The number of morpholine rings is 1. The summed E-state index contributed by atoms with van der Waals surface area (Å²) < 4.78 is 18.4. The number of ether oxygens (including phenoxy) is 1. The maximum atomic E-state index is 12.9. The normalized spacial score (nSPS) is 16.0. The third-order valence-corrected chi connectivity index (χ3v) is 4.83. The lowest BCUT2D eigenvalue weighted by atomic mass is 10.1. The quantitative estimate of drug-likeness (QED) is 0.775. The first kappa shape index (κ1) is 19.5. The van der Waals surface area contributed by atoms with Crippen LogP contribution in [0.1, 0.15) is 30.0 Å². The van der Waals surface area contributed by atoms with E-state index in [0.717, 1.165) is 37.1 Å². The number of amides is 1. The Morgan fingerprint density at radius 1 is 1.22 bits per heavy atom. The van der Waals surface area contributed by atoms with Gasteiger partial charge in [0, 0.05) is 38.4 Å². The molecular weight excluding hydrogens is 345 g/mol. The van der Waals surface area contributed by atoms with E-state index in [2.05, 4.69) is 15.2 Å². The summed E-state index contributed by atoms with van der Waals surface area (Å²) >= 11 is 0. The highest BCUT2D eigenvalue weighted by Crippen LogP contribution is 2.20. The largest absolute Gasteiger partial charge is 0.379 e. The Kier molecular flexibility index (Phi) is 7.30. The van der Waals surface area contributed by atoms with Crippen molar-refractivity contribution in [2.75, 3.05) is 32.8 Å². The van der Waals surface area contributed by atoms with Crippen LogP contribution in [0.15, 0.2) is 48.8 Å². The Bertz CT molecular complexity index is 703. The summed E-state index contributed by atoms with van der Waals surface area (Å²) in [5, 5.41) is 3.06. The monoisotopic (exact) mass is 371 g/mol. The second-order valence-electron chi connectivity index (χ2n) is 6.73. The van der Waals surface area contributed by atoms with Crippen LogP contribution in [0.4, 0.5) is 4.39 Å². The van der Waals surface area contributed by atoms with Crippen molar-refractivity contribution in [1.29, 1.82) is 0 Å². The number of hydrogen-bond acceptors (Lipinski definition) is 4. The number of benzene rings is 1. The topological polar surface area (TPSA) is 54.5 Å². The Morgan fingerprint density at radius 2 is 2.00 bits per heavy atom. The highest BCUT2D eigenvalue weighted by Gasteiger charge is 2.23. The zero-order chi connectivity index (χ0) is 18.9. The minimum absolute atomic E-state index is 0.0410. The van der Waals surface area contributed by atoms with Gasteiger partial charge >= 0.3 is 0 Å². The Hall–Kier alpha value is -2.31. The number of nitrogens with zero attached hydrogens (tertiary/aromatic N) is 2. The van der Waals surface area contributed by atoms with E-state index in [-0.39, 0.29) is 17.8 Å². The van der Waals surface area contributed by atoms with Crippen LogP contribution in [-0.4, -0.2) is 48.6 Å². The number of rotatable bonds is 8. The number of hydrogen-bond donors (Lipinski definition) is 1. The number of carbonyl (C=O) groups excluding carboxylic acids is 1. The van der Waals surface area contributed by atoms with Gasteiger partial charge in [0.15, 0.2) is 0 Å². The van der Waals surface area contributed by atoms with Crippen LogP contribution in [0, 0.1) is 5.82 Å². The molecule has 1 aromatic carbocycles. The Balaban J connectivity index is 1.48. The summed E-state index contributed by atoms with van der Waals surface area (Å²) in [6.07, 6.45) is 5.59. The van der Waals surface area contributed by atoms with Gasteiger partial charge in [0.1, 0.15) is 5.82 Å². The van der Waals surface area contributed by atoms with E-state index < -0.39 is 0 Å². The minimum Gasteiger partial charge on any atom is -0.379 e. The molecule has 0 radical (unpaired) electrons. The molecule has 0 spiro atoms. The van der Waals surface area contributed by atoms with E-state index in [1.54, 1.807) is 18.3 Å². The molecule has 3 rings (SSSR count). The number of halogens is 1. The summed E-state index contributed by atoms with van der Waals surface area (Å²) in [5.41, 5.74) is 2.15. The fraction of sp³-hybridized carbons (Fsp3) is 0.429. The van der Waals surface area contributed by atoms with Gasteiger partial charge in [-0.2, -0.15) is 0 Å². The molecular formula is C21H26FN3O2. The van der Waals surface area contributed by atoms with E-state index in [1.807, 2.05) is 18.3 Å². The first-order valence-electron chi connectivity index (χ1n) is 9.45. The lowest BCUT2D eigenvalue weighted by Gasteiger charge is -2.34. The molecule has 5 nitrogen and oxygen atoms in total. The molecule has 2 aromatic rings. The SMILES string of the molecule is O=C(CCCc1ccc(F)cc1)NCC(c1cccnc1)N1CCOCC1. The Labute approximate surface area is 159 Å². The number of nitrogens with one attached hydrogen (secondary N) is 1.